The van der Waals surface area contributed by atoms with Gasteiger partial charge in [-0.05, 0) is 51.3 Å². The Morgan fingerprint density at radius 3 is 2.81 bits per heavy atom. The minimum absolute atomic E-state index is 0.172. The average molecular weight is 374 g/mol. The van der Waals surface area contributed by atoms with E-state index in [1.807, 2.05) is 19.1 Å². The van der Waals surface area contributed by atoms with Crippen LogP contribution in [0.3, 0.4) is 0 Å². The summed E-state index contributed by atoms with van der Waals surface area (Å²) in [4.78, 5) is 25.6. The van der Waals surface area contributed by atoms with Gasteiger partial charge in [0.2, 0.25) is 6.73 Å². The first-order valence-electron chi connectivity index (χ1n) is 9.67. The molecule has 0 radical (unpaired) electrons. The molecule has 1 N–H and O–H groups in total. The van der Waals surface area contributed by atoms with E-state index >= 15 is 0 Å². The van der Waals surface area contributed by atoms with Crippen molar-refractivity contribution in [1.29, 1.82) is 0 Å². The SMILES string of the molecule is CCOC(=O)CCc1c(C)c2ccc3c(c2oc1=O)C[NH+]([C@H](C)CC)CO3. The minimum Gasteiger partial charge on any atom is -0.466 e. The summed E-state index contributed by atoms with van der Waals surface area (Å²) < 4.78 is 16.6. The van der Waals surface area contributed by atoms with Crippen LogP contribution in [-0.2, 0) is 22.5 Å². The predicted molar refractivity (Wildman–Crippen MR) is 102 cm³/mol. The number of fused-ring (bicyclic) bond motifs is 3. The molecule has 0 saturated carbocycles. The van der Waals surface area contributed by atoms with Crippen LogP contribution in [0, 0.1) is 6.92 Å². The van der Waals surface area contributed by atoms with Crippen molar-refractivity contribution >= 4 is 16.9 Å². The molecule has 1 unspecified atom stereocenters. The number of aryl methyl sites for hydroxylation is 1. The lowest BCUT2D eigenvalue weighted by atomic mass is 9.99. The Kier molecular flexibility index (Phi) is 5.85. The molecule has 0 bridgehead atoms. The molecular formula is C21H28NO5+. The Morgan fingerprint density at radius 2 is 2.11 bits per heavy atom. The van der Waals surface area contributed by atoms with Crippen LogP contribution >= 0.6 is 0 Å². The number of quaternary nitrogens is 1. The summed E-state index contributed by atoms with van der Waals surface area (Å²) in [6.45, 7) is 9.77. The summed E-state index contributed by atoms with van der Waals surface area (Å²) in [5.41, 5.74) is 2.58. The normalized spacial score (nSPS) is 17.3. The number of carbonyl (C=O) groups is 1. The molecule has 6 nitrogen and oxygen atoms in total. The number of hydrogen-bond donors (Lipinski definition) is 1. The number of rotatable bonds is 6. The molecule has 1 aliphatic rings. The summed E-state index contributed by atoms with van der Waals surface area (Å²) in [5, 5.41) is 0.904. The Bertz CT molecular complexity index is 902. The lowest BCUT2D eigenvalue weighted by Crippen LogP contribution is -3.15. The molecule has 0 saturated heterocycles. The fourth-order valence-electron chi connectivity index (χ4n) is 3.60. The van der Waals surface area contributed by atoms with E-state index in [4.69, 9.17) is 13.9 Å². The van der Waals surface area contributed by atoms with E-state index in [2.05, 4.69) is 13.8 Å². The van der Waals surface area contributed by atoms with Gasteiger partial charge in [-0.3, -0.25) is 9.69 Å². The van der Waals surface area contributed by atoms with Crippen LogP contribution in [0.4, 0.5) is 0 Å². The van der Waals surface area contributed by atoms with Gasteiger partial charge in [-0.15, -0.1) is 0 Å². The molecule has 146 valence electrons. The molecule has 0 spiro atoms. The number of esters is 1. The van der Waals surface area contributed by atoms with Crippen molar-refractivity contribution < 1.29 is 23.6 Å². The van der Waals surface area contributed by atoms with Gasteiger partial charge in [0.05, 0.1) is 18.2 Å². The van der Waals surface area contributed by atoms with Crippen LogP contribution in [0.15, 0.2) is 21.3 Å². The van der Waals surface area contributed by atoms with Gasteiger partial charge in [0, 0.05) is 17.4 Å². The van der Waals surface area contributed by atoms with E-state index < -0.39 is 0 Å². The van der Waals surface area contributed by atoms with Crippen LogP contribution < -0.4 is 15.3 Å². The van der Waals surface area contributed by atoms with E-state index in [1.165, 1.54) is 4.90 Å². The highest BCUT2D eigenvalue weighted by molar-refractivity contribution is 5.86. The van der Waals surface area contributed by atoms with Crippen LogP contribution in [0.5, 0.6) is 5.75 Å². The van der Waals surface area contributed by atoms with Gasteiger partial charge in [-0.2, -0.15) is 0 Å². The van der Waals surface area contributed by atoms with Crippen molar-refractivity contribution in [2.75, 3.05) is 13.3 Å². The average Bonchev–Trinajstić information content (AvgIpc) is 2.66. The fourth-order valence-corrected chi connectivity index (χ4v) is 3.60. The van der Waals surface area contributed by atoms with Gasteiger partial charge < -0.3 is 13.9 Å². The molecule has 2 atom stereocenters. The van der Waals surface area contributed by atoms with Gasteiger partial charge in [0.25, 0.3) is 0 Å². The second kappa shape index (κ2) is 8.13. The number of benzene rings is 1. The Hall–Kier alpha value is -2.34. The third-order valence-electron chi connectivity index (χ3n) is 5.53. The zero-order valence-corrected chi connectivity index (χ0v) is 16.5. The quantitative estimate of drug-likeness (QED) is 0.620. The summed E-state index contributed by atoms with van der Waals surface area (Å²) in [6.07, 6.45) is 1.55. The van der Waals surface area contributed by atoms with E-state index in [0.29, 0.717) is 36.9 Å². The predicted octanol–water partition coefficient (Wildman–Crippen LogP) is 2.13. The highest BCUT2D eigenvalue weighted by Gasteiger charge is 2.28. The molecule has 27 heavy (non-hydrogen) atoms. The largest absolute Gasteiger partial charge is 0.466 e. The van der Waals surface area contributed by atoms with Crippen molar-refractivity contribution in [2.45, 2.75) is 59.5 Å². The van der Waals surface area contributed by atoms with E-state index in [0.717, 1.165) is 35.2 Å². The molecule has 3 rings (SSSR count). The summed E-state index contributed by atoms with van der Waals surface area (Å²) in [7, 11) is 0. The highest BCUT2D eigenvalue weighted by atomic mass is 16.5. The molecule has 6 heteroatoms. The smallest absolute Gasteiger partial charge is 0.339 e. The summed E-state index contributed by atoms with van der Waals surface area (Å²) in [5.74, 6) is 0.486. The Labute approximate surface area is 159 Å². The lowest BCUT2D eigenvalue weighted by Gasteiger charge is -2.30. The maximum absolute atomic E-state index is 12.6. The number of hydrogen-bond acceptors (Lipinski definition) is 5. The van der Waals surface area contributed by atoms with Gasteiger partial charge in [0.15, 0.2) is 5.58 Å². The topological polar surface area (TPSA) is 70.2 Å². The van der Waals surface area contributed by atoms with Crippen LogP contribution in [0.25, 0.3) is 11.0 Å². The molecule has 1 aliphatic heterocycles. The third-order valence-corrected chi connectivity index (χ3v) is 5.53. The monoisotopic (exact) mass is 374 g/mol. The molecule has 2 aromatic rings. The zero-order valence-electron chi connectivity index (χ0n) is 16.5. The van der Waals surface area contributed by atoms with Crippen LogP contribution in [0.1, 0.15) is 50.3 Å². The highest BCUT2D eigenvalue weighted by Crippen LogP contribution is 2.31. The van der Waals surface area contributed by atoms with Crippen molar-refractivity contribution in [1.82, 2.24) is 0 Å². The number of ether oxygens (including phenoxy) is 2. The van der Waals surface area contributed by atoms with Crippen molar-refractivity contribution in [2.24, 2.45) is 0 Å². The number of carbonyl (C=O) groups excluding carboxylic acids is 1. The zero-order chi connectivity index (χ0) is 19.6. The van der Waals surface area contributed by atoms with Crippen LogP contribution in [-0.4, -0.2) is 25.3 Å². The molecule has 2 heterocycles. The van der Waals surface area contributed by atoms with Crippen molar-refractivity contribution in [3.05, 3.63) is 39.2 Å². The Balaban J connectivity index is 1.98. The molecule has 0 amide bonds. The summed E-state index contributed by atoms with van der Waals surface area (Å²) >= 11 is 0. The van der Waals surface area contributed by atoms with E-state index in [1.54, 1.807) is 6.92 Å². The van der Waals surface area contributed by atoms with Crippen LogP contribution in [0.2, 0.25) is 0 Å². The van der Waals surface area contributed by atoms with Gasteiger partial charge in [0.1, 0.15) is 12.3 Å². The second-order valence-electron chi connectivity index (χ2n) is 7.15. The lowest BCUT2D eigenvalue weighted by molar-refractivity contribution is -0.954. The first kappa shape index (κ1) is 19.4. The van der Waals surface area contributed by atoms with Crippen molar-refractivity contribution in [3.8, 4) is 5.75 Å². The van der Waals surface area contributed by atoms with Gasteiger partial charge >= 0.3 is 11.6 Å². The molecule has 0 fully saturated rings. The standard InChI is InChI=1S/C21H27NO5/c1-5-13(3)22-11-17-18(26-12-22)9-7-15-14(4)16(21(24)27-20(15)17)8-10-19(23)25-6-2/h7,9,13H,5-6,8,10-12H2,1-4H3/p+1/t13-/m1/s1. The molecule has 1 aromatic heterocycles. The third kappa shape index (κ3) is 3.86. The maximum Gasteiger partial charge on any atom is 0.339 e. The minimum atomic E-state index is -0.381. The molecular weight excluding hydrogens is 346 g/mol. The Morgan fingerprint density at radius 1 is 1.33 bits per heavy atom. The second-order valence-corrected chi connectivity index (χ2v) is 7.15. The first-order valence-corrected chi connectivity index (χ1v) is 9.67. The molecule has 0 aliphatic carbocycles. The first-order chi connectivity index (χ1) is 13.0. The summed E-state index contributed by atoms with van der Waals surface area (Å²) in [6, 6.07) is 4.35. The molecule has 1 aromatic carbocycles. The van der Waals surface area contributed by atoms with Crippen molar-refractivity contribution in [3.63, 3.8) is 0 Å². The van der Waals surface area contributed by atoms with E-state index in [-0.39, 0.29) is 18.0 Å². The van der Waals surface area contributed by atoms with E-state index in [9.17, 15) is 9.59 Å². The van der Waals surface area contributed by atoms with Gasteiger partial charge in [-0.25, -0.2) is 4.79 Å². The fraction of sp³-hybridized carbons (Fsp3) is 0.524. The number of nitrogens with one attached hydrogen (secondary N) is 1. The van der Waals surface area contributed by atoms with Gasteiger partial charge in [-0.1, -0.05) is 6.92 Å². The maximum atomic E-state index is 12.6.